The van der Waals surface area contributed by atoms with Crippen molar-refractivity contribution in [2.75, 3.05) is 0 Å². The zero-order chi connectivity index (χ0) is 13.9. The van der Waals surface area contributed by atoms with Crippen LogP contribution in [0.3, 0.4) is 0 Å². The SMILES string of the molecule is CCc1cccc(C(O)c2nccc3ccccc23)c1. The zero-order valence-electron chi connectivity index (χ0n) is 11.5. The maximum atomic E-state index is 10.6. The number of nitrogens with zero attached hydrogens (tertiary/aromatic N) is 1. The first kappa shape index (κ1) is 12.8. The second-order valence-electron chi connectivity index (χ2n) is 4.92. The van der Waals surface area contributed by atoms with E-state index in [2.05, 4.69) is 18.0 Å². The van der Waals surface area contributed by atoms with Gasteiger partial charge in [-0.25, -0.2) is 0 Å². The lowest BCUT2D eigenvalue weighted by Crippen LogP contribution is -2.03. The highest BCUT2D eigenvalue weighted by Crippen LogP contribution is 2.27. The van der Waals surface area contributed by atoms with Gasteiger partial charge in [0.25, 0.3) is 0 Å². The van der Waals surface area contributed by atoms with Gasteiger partial charge in [0.1, 0.15) is 6.10 Å². The first-order valence-corrected chi connectivity index (χ1v) is 6.90. The molecule has 3 aromatic rings. The predicted molar refractivity (Wildman–Crippen MR) is 81.6 cm³/mol. The second kappa shape index (κ2) is 5.43. The molecule has 1 atom stereocenters. The number of hydrogen-bond acceptors (Lipinski definition) is 2. The standard InChI is InChI=1S/C18H17NO/c1-2-13-6-5-8-15(12-13)18(20)17-16-9-4-3-7-14(16)10-11-19-17/h3-12,18,20H,2H2,1H3. The smallest absolute Gasteiger partial charge is 0.122 e. The Morgan fingerprint density at radius 1 is 1.05 bits per heavy atom. The van der Waals surface area contributed by atoms with Crippen molar-refractivity contribution in [2.24, 2.45) is 0 Å². The summed E-state index contributed by atoms with van der Waals surface area (Å²) in [6.45, 7) is 2.11. The van der Waals surface area contributed by atoms with Crippen molar-refractivity contribution in [2.45, 2.75) is 19.4 Å². The lowest BCUT2D eigenvalue weighted by Gasteiger charge is -2.14. The molecular formula is C18H17NO. The summed E-state index contributed by atoms with van der Waals surface area (Å²) < 4.78 is 0. The minimum Gasteiger partial charge on any atom is -0.382 e. The summed E-state index contributed by atoms with van der Waals surface area (Å²) in [6.07, 6.45) is 2.03. The van der Waals surface area contributed by atoms with Crippen LogP contribution in [0.25, 0.3) is 10.8 Å². The van der Waals surface area contributed by atoms with Gasteiger partial charge in [-0.15, -0.1) is 0 Å². The van der Waals surface area contributed by atoms with E-state index in [0.29, 0.717) is 0 Å². The first-order chi connectivity index (χ1) is 9.79. The molecule has 100 valence electrons. The average molecular weight is 263 g/mol. The van der Waals surface area contributed by atoms with Gasteiger partial charge in [-0.3, -0.25) is 4.98 Å². The minimum absolute atomic E-state index is 0.687. The van der Waals surface area contributed by atoms with Gasteiger partial charge in [-0.2, -0.15) is 0 Å². The second-order valence-corrected chi connectivity index (χ2v) is 4.92. The maximum Gasteiger partial charge on any atom is 0.122 e. The topological polar surface area (TPSA) is 33.1 Å². The number of aryl methyl sites for hydroxylation is 1. The van der Waals surface area contributed by atoms with Crippen molar-refractivity contribution in [3.8, 4) is 0 Å². The van der Waals surface area contributed by atoms with Crippen molar-refractivity contribution >= 4 is 10.8 Å². The quantitative estimate of drug-likeness (QED) is 0.778. The van der Waals surface area contributed by atoms with Gasteiger partial charge in [-0.05, 0) is 29.0 Å². The van der Waals surface area contributed by atoms with Gasteiger partial charge in [0, 0.05) is 11.6 Å². The number of benzene rings is 2. The van der Waals surface area contributed by atoms with Crippen LogP contribution in [0, 0.1) is 0 Å². The van der Waals surface area contributed by atoms with Gasteiger partial charge in [0.2, 0.25) is 0 Å². The lowest BCUT2D eigenvalue weighted by atomic mass is 9.99. The minimum atomic E-state index is -0.687. The van der Waals surface area contributed by atoms with E-state index in [1.54, 1.807) is 6.20 Å². The zero-order valence-corrected chi connectivity index (χ0v) is 11.5. The van der Waals surface area contributed by atoms with Gasteiger partial charge < -0.3 is 5.11 Å². The summed E-state index contributed by atoms with van der Waals surface area (Å²) in [6, 6.07) is 18.0. The third-order valence-electron chi connectivity index (χ3n) is 3.64. The van der Waals surface area contributed by atoms with Gasteiger partial charge >= 0.3 is 0 Å². The van der Waals surface area contributed by atoms with Crippen LogP contribution in [0.5, 0.6) is 0 Å². The van der Waals surface area contributed by atoms with Crippen molar-refractivity contribution in [1.82, 2.24) is 4.98 Å². The normalized spacial score (nSPS) is 12.5. The van der Waals surface area contributed by atoms with Crippen LogP contribution in [-0.2, 0) is 6.42 Å². The Morgan fingerprint density at radius 3 is 2.75 bits per heavy atom. The van der Waals surface area contributed by atoms with Crippen LogP contribution in [0.15, 0.2) is 60.8 Å². The van der Waals surface area contributed by atoms with E-state index in [9.17, 15) is 5.11 Å². The number of fused-ring (bicyclic) bond motifs is 1. The van der Waals surface area contributed by atoms with E-state index in [0.717, 1.165) is 28.5 Å². The molecule has 3 rings (SSSR count). The number of aromatic nitrogens is 1. The summed E-state index contributed by atoms with van der Waals surface area (Å²) >= 11 is 0. The molecule has 1 N–H and O–H groups in total. The molecule has 0 aliphatic heterocycles. The summed E-state index contributed by atoms with van der Waals surface area (Å²) in [7, 11) is 0. The molecule has 2 aromatic carbocycles. The molecule has 0 saturated carbocycles. The Hall–Kier alpha value is -2.19. The fraction of sp³-hybridized carbons (Fsp3) is 0.167. The molecular weight excluding hydrogens is 246 g/mol. The molecule has 0 amide bonds. The Bertz CT molecular complexity index is 731. The molecule has 0 saturated heterocycles. The van der Waals surface area contributed by atoms with E-state index < -0.39 is 6.10 Å². The van der Waals surface area contributed by atoms with E-state index in [1.807, 2.05) is 48.5 Å². The van der Waals surface area contributed by atoms with Crippen LogP contribution < -0.4 is 0 Å². The van der Waals surface area contributed by atoms with Crippen molar-refractivity contribution < 1.29 is 5.11 Å². The van der Waals surface area contributed by atoms with Gasteiger partial charge in [-0.1, -0.05) is 55.5 Å². The van der Waals surface area contributed by atoms with Crippen LogP contribution in [-0.4, -0.2) is 10.1 Å². The molecule has 0 aliphatic carbocycles. The van der Waals surface area contributed by atoms with Crippen LogP contribution in [0.2, 0.25) is 0 Å². The molecule has 1 unspecified atom stereocenters. The Balaban J connectivity index is 2.10. The summed E-state index contributed by atoms with van der Waals surface area (Å²) in [5.41, 5.74) is 2.84. The van der Waals surface area contributed by atoms with Crippen molar-refractivity contribution in [3.05, 3.63) is 77.6 Å². The number of hydrogen-bond donors (Lipinski definition) is 1. The van der Waals surface area contributed by atoms with Crippen LogP contribution in [0.4, 0.5) is 0 Å². The predicted octanol–water partition coefficient (Wildman–Crippen LogP) is 3.88. The third kappa shape index (κ3) is 2.30. The monoisotopic (exact) mass is 263 g/mol. The molecule has 0 aliphatic rings. The van der Waals surface area contributed by atoms with Crippen molar-refractivity contribution in [3.63, 3.8) is 0 Å². The van der Waals surface area contributed by atoms with E-state index in [4.69, 9.17) is 0 Å². The number of aliphatic hydroxyl groups is 1. The highest BCUT2D eigenvalue weighted by atomic mass is 16.3. The molecule has 0 fully saturated rings. The largest absolute Gasteiger partial charge is 0.382 e. The molecule has 2 heteroatoms. The van der Waals surface area contributed by atoms with E-state index in [1.165, 1.54) is 5.56 Å². The molecule has 0 radical (unpaired) electrons. The van der Waals surface area contributed by atoms with E-state index >= 15 is 0 Å². The Morgan fingerprint density at radius 2 is 1.90 bits per heavy atom. The summed E-state index contributed by atoms with van der Waals surface area (Å²) in [4.78, 5) is 4.39. The van der Waals surface area contributed by atoms with Crippen LogP contribution >= 0.6 is 0 Å². The lowest BCUT2D eigenvalue weighted by molar-refractivity contribution is 0.217. The number of rotatable bonds is 3. The van der Waals surface area contributed by atoms with Gasteiger partial charge in [0.15, 0.2) is 0 Å². The maximum absolute atomic E-state index is 10.6. The first-order valence-electron chi connectivity index (χ1n) is 6.90. The molecule has 1 heterocycles. The fourth-order valence-electron chi connectivity index (χ4n) is 2.50. The van der Waals surface area contributed by atoms with Gasteiger partial charge in [0.05, 0.1) is 5.69 Å². The average Bonchev–Trinajstić information content (AvgIpc) is 2.53. The Kier molecular flexibility index (Phi) is 3.48. The molecule has 1 aromatic heterocycles. The van der Waals surface area contributed by atoms with Crippen LogP contribution in [0.1, 0.15) is 29.8 Å². The molecule has 0 spiro atoms. The fourth-order valence-corrected chi connectivity index (χ4v) is 2.50. The summed E-state index contributed by atoms with van der Waals surface area (Å²) in [5, 5.41) is 12.8. The number of aliphatic hydroxyl groups excluding tert-OH is 1. The summed E-state index contributed by atoms with van der Waals surface area (Å²) in [5.74, 6) is 0. The highest BCUT2D eigenvalue weighted by Gasteiger charge is 2.15. The highest BCUT2D eigenvalue weighted by molar-refractivity contribution is 5.84. The van der Waals surface area contributed by atoms with E-state index in [-0.39, 0.29) is 0 Å². The van der Waals surface area contributed by atoms with Crippen molar-refractivity contribution in [1.29, 1.82) is 0 Å². The molecule has 20 heavy (non-hydrogen) atoms. The molecule has 2 nitrogen and oxygen atoms in total. The Labute approximate surface area is 118 Å². The molecule has 0 bridgehead atoms. The third-order valence-corrected chi connectivity index (χ3v) is 3.64. The number of pyridine rings is 1.